The molecule has 28 heavy (non-hydrogen) atoms. The Morgan fingerprint density at radius 1 is 1.18 bits per heavy atom. The van der Waals surface area contributed by atoms with E-state index in [-0.39, 0.29) is 6.61 Å². The number of ether oxygens (including phenoxy) is 1. The standard InChI is InChI=1S/C19H15Cl2N4O3/c1-10-6-13(18-11(2)25(26)28-24-18)12-4-3-5-17(19(12)23-10)27-9-14-15(20)7-22-8-16(14)21/h3-8,26H,9H2,1-2H3/q+1. The first-order valence-corrected chi connectivity index (χ1v) is 9.10. The van der Waals surface area contributed by atoms with E-state index in [1.54, 1.807) is 6.92 Å². The zero-order valence-electron chi connectivity index (χ0n) is 15.0. The van der Waals surface area contributed by atoms with E-state index in [4.69, 9.17) is 32.6 Å². The van der Waals surface area contributed by atoms with Crippen LogP contribution in [-0.2, 0) is 6.61 Å². The van der Waals surface area contributed by atoms with Gasteiger partial charge in [-0.1, -0.05) is 35.3 Å². The lowest BCUT2D eigenvalue weighted by Gasteiger charge is -2.12. The second-order valence-electron chi connectivity index (χ2n) is 6.21. The van der Waals surface area contributed by atoms with Crippen LogP contribution in [0.3, 0.4) is 0 Å². The minimum atomic E-state index is 0.171. The number of hydrogen-bond donors (Lipinski definition) is 1. The maximum Gasteiger partial charge on any atom is 0.281 e. The third-order valence-corrected chi connectivity index (χ3v) is 5.00. The first kappa shape index (κ1) is 18.5. The Hall–Kier alpha value is -2.90. The average Bonchev–Trinajstić information content (AvgIpc) is 2.99. The van der Waals surface area contributed by atoms with Crippen LogP contribution in [-0.4, -0.2) is 20.3 Å². The summed E-state index contributed by atoms with van der Waals surface area (Å²) in [6.07, 6.45) is 3.04. The van der Waals surface area contributed by atoms with E-state index in [1.165, 1.54) is 12.4 Å². The molecule has 0 saturated heterocycles. The highest BCUT2D eigenvalue weighted by Gasteiger charge is 2.25. The maximum atomic E-state index is 9.68. The average molecular weight is 418 g/mol. The molecule has 3 aromatic heterocycles. The molecule has 0 amide bonds. The molecule has 1 N–H and O–H groups in total. The highest BCUT2D eigenvalue weighted by atomic mass is 35.5. The van der Waals surface area contributed by atoms with Gasteiger partial charge < -0.3 is 9.94 Å². The second-order valence-corrected chi connectivity index (χ2v) is 7.03. The largest absolute Gasteiger partial charge is 0.487 e. The summed E-state index contributed by atoms with van der Waals surface area (Å²) in [5.74, 6) is 0.574. The summed E-state index contributed by atoms with van der Waals surface area (Å²) < 4.78 is 10.8. The van der Waals surface area contributed by atoms with Crippen LogP contribution in [0, 0.1) is 13.8 Å². The minimum Gasteiger partial charge on any atom is -0.487 e. The van der Waals surface area contributed by atoms with Gasteiger partial charge in [0.2, 0.25) is 5.69 Å². The Balaban J connectivity index is 1.80. The Labute approximate surface area is 170 Å². The van der Waals surface area contributed by atoms with Crippen molar-refractivity contribution in [2.75, 3.05) is 0 Å². The topological polar surface area (TPSA) is 85.2 Å². The van der Waals surface area contributed by atoms with Gasteiger partial charge in [0.1, 0.15) is 22.8 Å². The van der Waals surface area contributed by atoms with Crippen LogP contribution in [0.1, 0.15) is 17.0 Å². The summed E-state index contributed by atoms with van der Waals surface area (Å²) in [6.45, 7) is 3.75. The van der Waals surface area contributed by atoms with Crippen molar-refractivity contribution in [3.63, 3.8) is 0 Å². The van der Waals surface area contributed by atoms with Crippen LogP contribution in [0.2, 0.25) is 10.0 Å². The van der Waals surface area contributed by atoms with Gasteiger partial charge in [-0.05, 0) is 23.7 Å². The van der Waals surface area contributed by atoms with Gasteiger partial charge in [0.15, 0.2) is 5.16 Å². The molecule has 0 radical (unpaired) electrons. The van der Waals surface area contributed by atoms with E-state index < -0.39 is 0 Å². The number of benzene rings is 1. The number of aromatic nitrogens is 4. The van der Waals surface area contributed by atoms with Crippen LogP contribution in [0.25, 0.3) is 22.2 Å². The molecule has 0 aliphatic rings. The molecule has 0 bridgehead atoms. The van der Waals surface area contributed by atoms with E-state index in [9.17, 15) is 5.21 Å². The quantitative estimate of drug-likeness (QED) is 0.497. The molecule has 0 aliphatic heterocycles. The highest BCUT2D eigenvalue weighted by Crippen LogP contribution is 2.34. The van der Waals surface area contributed by atoms with Gasteiger partial charge in [-0.3, -0.25) is 4.98 Å². The molecule has 0 unspecified atom stereocenters. The number of pyridine rings is 2. The smallest absolute Gasteiger partial charge is 0.281 e. The number of nitrogens with zero attached hydrogens (tertiary/aromatic N) is 4. The summed E-state index contributed by atoms with van der Waals surface area (Å²) in [6, 6.07) is 7.47. The molecule has 0 fully saturated rings. The van der Waals surface area contributed by atoms with E-state index >= 15 is 0 Å². The lowest BCUT2D eigenvalue weighted by atomic mass is 10.0. The van der Waals surface area contributed by atoms with Crippen molar-refractivity contribution in [1.29, 1.82) is 0 Å². The molecule has 4 aromatic rings. The summed E-state index contributed by atoms with van der Waals surface area (Å²) in [7, 11) is 0. The summed E-state index contributed by atoms with van der Waals surface area (Å²) >= 11 is 12.4. The normalized spacial score (nSPS) is 11.1. The van der Waals surface area contributed by atoms with Gasteiger partial charge in [-0.15, -0.1) is 0 Å². The van der Waals surface area contributed by atoms with Crippen molar-refractivity contribution in [1.82, 2.24) is 15.1 Å². The number of fused-ring (bicyclic) bond motifs is 1. The molecule has 0 aliphatic carbocycles. The SMILES string of the molecule is Cc1cc(-c2no[n+](O)c2C)c2cccc(OCc3c(Cl)cncc3Cl)c2n1. The molecule has 0 saturated carbocycles. The lowest BCUT2D eigenvalue weighted by molar-refractivity contribution is -1.04. The minimum absolute atomic E-state index is 0.171. The Morgan fingerprint density at radius 2 is 1.93 bits per heavy atom. The van der Waals surface area contributed by atoms with Crippen LogP contribution in [0.15, 0.2) is 41.3 Å². The number of rotatable bonds is 4. The van der Waals surface area contributed by atoms with Crippen LogP contribution in [0.5, 0.6) is 5.75 Å². The molecule has 4 rings (SSSR count). The third kappa shape index (κ3) is 3.23. The zero-order chi connectivity index (χ0) is 19.8. The Morgan fingerprint density at radius 3 is 2.61 bits per heavy atom. The zero-order valence-corrected chi connectivity index (χ0v) is 16.5. The summed E-state index contributed by atoms with van der Waals surface area (Å²) in [5, 5.41) is 15.3. The fourth-order valence-electron chi connectivity index (χ4n) is 2.93. The number of para-hydroxylation sites is 1. The first-order valence-electron chi connectivity index (χ1n) is 8.35. The van der Waals surface area contributed by atoms with Crippen LogP contribution >= 0.6 is 23.2 Å². The van der Waals surface area contributed by atoms with Gasteiger partial charge in [0, 0.05) is 41.5 Å². The number of hydrogen-bond acceptors (Lipinski definition) is 6. The molecule has 0 atom stereocenters. The molecule has 142 valence electrons. The van der Waals surface area contributed by atoms with Crippen molar-refractivity contribution in [2.24, 2.45) is 0 Å². The molecule has 9 heteroatoms. The highest BCUT2D eigenvalue weighted by molar-refractivity contribution is 6.35. The van der Waals surface area contributed by atoms with Crippen molar-refractivity contribution in [2.45, 2.75) is 20.5 Å². The monoisotopic (exact) mass is 417 g/mol. The lowest BCUT2D eigenvalue weighted by Crippen LogP contribution is -2.29. The summed E-state index contributed by atoms with van der Waals surface area (Å²) in [4.78, 5) is 9.20. The first-order chi connectivity index (χ1) is 13.5. The van der Waals surface area contributed by atoms with Crippen LogP contribution in [0.4, 0.5) is 0 Å². The van der Waals surface area contributed by atoms with E-state index in [0.29, 0.717) is 43.2 Å². The number of aryl methyl sites for hydroxylation is 1. The van der Waals surface area contributed by atoms with Crippen molar-refractivity contribution in [3.05, 3.63) is 63.7 Å². The third-order valence-electron chi connectivity index (χ3n) is 4.35. The van der Waals surface area contributed by atoms with E-state index in [0.717, 1.165) is 16.6 Å². The molecule has 1 aromatic carbocycles. The van der Waals surface area contributed by atoms with Gasteiger partial charge in [0.05, 0.1) is 10.0 Å². The maximum absolute atomic E-state index is 9.68. The van der Waals surface area contributed by atoms with Gasteiger partial charge in [-0.2, -0.15) is 0 Å². The summed E-state index contributed by atoms with van der Waals surface area (Å²) in [5.41, 5.74) is 3.86. The fourth-order valence-corrected chi connectivity index (χ4v) is 3.40. The van der Waals surface area contributed by atoms with Crippen molar-refractivity contribution < 1.29 is 19.5 Å². The predicted molar refractivity (Wildman–Crippen MR) is 103 cm³/mol. The number of halogens is 2. The predicted octanol–water partition coefficient (Wildman–Crippen LogP) is 4.31. The van der Waals surface area contributed by atoms with Crippen molar-refractivity contribution >= 4 is 34.1 Å². The molecule has 0 spiro atoms. The molecular weight excluding hydrogens is 403 g/mol. The molecular formula is C19H15Cl2N4O3+. The van der Waals surface area contributed by atoms with Gasteiger partial charge >= 0.3 is 0 Å². The van der Waals surface area contributed by atoms with E-state index in [2.05, 4.69) is 15.1 Å². The Kier molecular flexibility index (Phi) is 4.78. The van der Waals surface area contributed by atoms with Crippen molar-refractivity contribution in [3.8, 4) is 17.0 Å². The fraction of sp³-hybridized carbons (Fsp3) is 0.158. The van der Waals surface area contributed by atoms with Gasteiger partial charge in [0.25, 0.3) is 5.69 Å². The molecule has 7 nitrogen and oxygen atoms in total. The van der Waals surface area contributed by atoms with Gasteiger partial charge in [-0.25, -0.2) is 4.98 Å². The Bertz CT molecular complexity index is 1170. The molecule has 3 heterocycles. The van der Waals surface area contributed by atoms with E-state index in [1.807, 2.05) is 31.2 Å². The second kappa shape index (κ2) is 7.26. The van der Waals surface area contributed by atoms with Crippen LogP contribution < -0.4 is 9.64 Å².